The lowest BCUT2D eigenvalue weighted by Gasteiger charge is -2.12. The summed E-state index contributed by atoms with van der Waals surface area (Å²) in [5.41, 5.74) is 5.92. The molecule has 2 heteroatoms. The van der Waals surface area contributed by atoms with Gasteiger partial charge in [-0.2, -0.15) is 0 Å². The zero-order valence-electron chi connectivity index (χ0n) is 10.1. The van der Waals surface area contributed by atoms with Crippen molar-refractivity contribution in [2.45, 2.75) is 20.8 Å². The summed E-state index contributed by atoms with van der Waals surface area (Å²) in [6.45, 7) is 6.32. The molecule has 0 unspecified atom stereocenters. The topological polar surface area (TPSA) is 0 Å². The normalized spacial score (nSPS) is 10.6. The number of benzene rings is 2. The molecule has 88 valence electrons. The molecule has 0 fully saturated rings. The van der Waals surface area contributed by atoms with Gasteiger partial charge in [0.2, 0.25) is 0 Å². The lowest BCUT2D eigenvalue weighted by atomic mass is 9.95. The number of rotatable bonds is 1. The van der Waals surface area contributed by atoms with Crippen LogP contribution in [0.3, 0.4) is 0 Å². The Kier molecular flexibility index (Phi) is 3.46. The Balaban J connectivity index is 2.72. The Labute approximate surface area is 112 Å². The van der Waals surface area contributed by atoms with Crippen LogP contribution in [-0.2, 0) is 0 Å². The van der Waals surface area contributed by atoms with Crippen molar-refractivity contribution in [3.63, 3.8) is 0 Å². The maximum atomic E-state index is 6.25. The predicted octanol–water partition coefficient (Wildman–Crippen LogP) is 5.59. The minimum Gasteiger partial charge on any atom is -0.0843 e. The van der Waals surface area contributed by atoms with Crippen molar-refractivity contribution in [2.75, 3.05) is 0 Å². The standard InChI is InChI=1S/C15H14Cl2/c1-9-6-10(2)11(3)13(7-9)14-8-12(16)4-5-15(14)17/h4-8H,1-3H3. The summed E-state index contributed by atoms with van der Waals surface area (Å²) in [7, 11) is 0. The van der Waals surface area contributed by atoms with E-state index in [0.717, 1.165) is 16.1 Å². The Bertz CT molecular complexity index is 571. The highest BCUT2D eigenvalue weighted by molar-refractivity contribution is 6.35. The molecule has 0 N–H and O–H groups in total. The van der Waals surface area contributed by atoms with Crippen molar-refractivity contribution in [3.05, 3.63) is 57.1 Å². The molecule has 0 amide bonds. The molecule has 2 rings (SSSR count). The van der Waals surface area contributed by atoms with Gasteiger partial charge in [-0.05, 0) is 55.7 Å². The molecule has 0 aliphatic rings. The summed E-state index contributed by atoms with van der Waals surface area (Å²) < 4.78 is 0. The lowest BCUT2D eigenvalue weighted by Crippen LogP contribution is -1.90. The fraction of sp³-hybridized carbons (Fsp3) is 0.200. The van der Waals surface area contributed by atoms with Gasteiger partial charge in [0.25, 0.3) is 0 Å². The molecule has 0 bridgehead atoms. The van der Waals surface area contributed by atoms with Crippen LogP contribution in [0.4, 0.5) is 0 Å². The second kappa shape index (κ2) is 4.72. The summed E-state index contributed by atoms with van der Waals surface area (Å²) in [5.74, 6) is 0. The SMILES string of the molecule is Cc1cc(C)c(C)c(-c2cc(Cl)ccc2Cl)c1. The maximum absolute atomic E-state index is 6.25. The summed E-state index contributed by atoms with van der Waals surface area (Å²) in [6.07, 6.45) is 0. The molecule has 0 aromatic heterocycles. The molecule has 0 atom stereocenters. The molecular formula is C15H14Cl2. The first-order valence-corrected chi connectivity index (χ1v) is 6.28. The average Bonchev–Trinajstić information content (AvgIpc) is 2.27. The smallest absolute Gasteiger partial charge is 0.0485 e. The van der Waals surface area contributed by atoms with E-state index in [4.69, 9.17) is 23.2 Å². The van der Waals surface area contributed by atoms with E-state index in [-0.39, 0.29) is 0 Å². The van der Waals surface area contributed by atoms with E-state index in [2.05, 4.69) is 32.9 Å². The van der Waals surface area contributed by atoms with Gasteiger partial charge in [0.15, 0.2) is 0 Å². The molecule has 17 heavy (non-hydrogen) atoms. The number of hydrogen-bond donors (Lipinski definition) is 0. The Hall–Kier alpha value is -0.980. The molecule has 0 nitrogen and oxygen atoms in total. The van der Waals surface area contributed by atoms with Gasteiger partial charge in [-0.1, -0.05) is 40.9 Å². The van der Waals surface area contributed by atoms with Crippen LogP contribution in [-0.4, -0.2) is 0 Å². The van der Waals surface area contributed by atoms with E-state index in [1.807, 2.05) is 18.2 Å². The van der Waals surface area contributed by atoms with E-state index in [1.165, 1.54) is 16.7 Å². The van der Waals surface area contributed by atoms with Gasteiger partial charge < -0.3 is 0 Å². The lowest BCUT2D eigenvalue weighted by molar-refractivity contribution is 1.30. The van der Waals surface area contributed by atoms with Gasteiger partial charge in [0, 0.05) is 15.6 Å². The number of aryl methyl sites for hydroxylation is 2. The molecular weight excluding hydrogens is 251 g/mol. The Morgan fingerprint density at radius 3 is 2.24 bits per heavy atom. The van der Waals surface area contributed by atoms with Gasteiger partial charge in [-0.25, -0.2) is 0 Å². The molecule has 2 aromatic rings. The minimum absolute atomic E-state index is 0.711. The molecule has 0 saturated heterocycles. The van der Waals surface area contributed by atoms with Crippen LogP contribution in [0.5, 0.6) is 0 Å². The second-order valence-electron chi connectivity index (χ2n) is 4.38. The first-order valence-electron chi connectivity index (χ1n) is 5.52. The third kappa shape index (κ3) is 2.48. The van der Waals surface area contributed by atoms with Crippen molar-refractivity contribution in [3.8, 4) is 11.1 Å². The van der Waals surface area contributed by atoms with Crippen molar-refractivity contribution in [1.82, 2.24) is 0 Å². The molecule has 0 spiro atoms. The van der Waals surface area contributed by atoms with E-state index >= 15 is 0 Å². The van der Waals surface area contributed by atoms with Gasteiger partial charge >= 0.3 is 0 Å². The zero-order valence-corrected chi connectivity index (χ0v) is 11.7. The second-order valence-corrected chi connectivity index (χ2v) is 5.22. The summed E-state index contributed by atoms with van der Waals surface area (Å²) in [6, 6.07) is 9.91. The van der Waals surface area contributed by atoms with Crippen LogP contribution in [0.15, 0.2) is 30.3 Å². The summed E-state index contributed by atoms with van der Waals surface area (Å²) >= 11 is 12.3. The van der Waals surface area contributed by atoms with Gasteiger partial charge in [-0.3, -0.25) is 0 Å². The van der Waals surface area contributed by atoms with Crippen LogP contribution in [0.2, 0.25) is 10.0 Å². The third-order valence-corrected chi connectivity index (χ3v) is 3.59. The number of halogens is 2. The van der Waals surface area contributed by atoms with Crippen molar-refractivity contribution < 1.29 is 0 Å². The first-order chi connectivity index (χ1) is 7.99. The molecule has 0 aliphatic heterocycles. The minimum atomic E-state index is 0.711. The van der Waals surface area contributed by atoms with Gasteiger partial charge in [0.1, 0.15) is 0 Å². The Morgan fingerprint density at radius 1 is 0.824 bits per heavy atom. The monoisotopic (exact) mass is 264 g/mol. The van der Waals surface area contributed by atoms with Gasteiger partial charge in [0.05, 0.1) is 0 Å². The van der Waals surface area contributed by atoms with Crippen molar-refractivity contribution in [1.29, 1.82) is 0 Å². The fourth-order valence-electron chi connectivity index (χ4n) is 2.02. The highest BCUT2D eigenvalue weighted by atomic mass is 35.5. The molecule has 0 saturated carbocycles. The van der Waals surface area contributed by atoms with Crippen LogP contribution >= 0.6 is 23.2 Å². The van der Waals surface area contributed by atoms with Gasteiger partial charge in [-0.15, -0.1) is 0 Å². The third-order valence-electron chi connectivity index (χ3n) is 3.03. The molecule has 0 heterocycles. The van der Waals surface area contributed by atoms with E-state index in [1.54, 1.807) is 0 Å². The van der Waals surface area contributed by atoms with Crippen molar-refractivity contribution in [2.24, 2.45) is 0 Å². The largest absolute Gasteiger partial charge is 0.0843 e. The van der Waals surface area contributed by atoms with Crippen LogP contribution in [0, 0.1) is 20.8 Å². The molecule has 2 aromatic carbocycles. The highest BCUT2D eigenvalue weighted by Gasteiger charge is 2.09. The van der Waals surface area contributed by atoms with Crippen molar-refractivity contribution >= 4 is 23.2 Å². The van der Waals surface area contributed by atoms with E-state index in [0.29, 0.717) is 5.02 Å². The summed E-state index contributed by atoms with van der Waals surface area (Å²) in [4.78, 5) is 0. The average molecular weight is 265 g/mol. The zero-order chi connectivity index (χ0) is 12.6. The number of hydrogen-bond acceptors (Lipinski definition) is 0. The maximum Gasteiger partial charge on any atom is 0.0485 e. The van der Waals surface area contributed by atoms with Crippen LogP contribution in [0.25, 0.3) is 11.1 Å². The quantitative estimate of drug-likeness (QED) is 0.630. The first kappa shape index (κ1) is 12.5. The fourth-order valence-corrected chi connectivity index (χ4v) is 2.41. The molecule has 0 aliphatic carbocycles. The van der Waals surface area contributed by atoms with E-state index < -0.39 is 0 Å². The van der Waals surface area contributed by atoms with Crippen LogP contribution in [0.1, 0.15) is 16.7 Å². The highest BCUT2D eigenvalue weighted by Crippen LogP contribution is 2.34. The van der Waals surface area contributed by atoms with E-state index in [9.17, 15) is 0 Å². The Morgan fingerprint density at radius 2 is 1.53 bits per heavy atom. The predicted molar refractivity (Wildman–Crippen MR) is 76.1 cm³/mol. The summed E-state index contributed by atoms with van der Waals surface area (Å²) in [5, 5.41) is 1.45. The molecule has 0 radical (unpaired) electrons. The van der Waals surface area contributed by atoms with Crippen LogP contribution < -0.4 is 0 Å².